The van der Waals surface area contributed by atoms with E-state index in [1.807, 2.05) is 6.07 Å². The second kappa shape index (κ2) is 5.65. The molecule has 0 bridgehead atoms. The van der Waals surface area contributed by atoms with Gasteiger partial charge in [0.15, 0.2) is 11.5 Å². The van der Waals surface area contributed by atoms with Crippen LogP contribution in [0.1, 0.15) is 57.1 Å². The largest absolute Gasteiger partial charge is 0.486 e. The van der Waals surface area contributed by atoms with Gasteiger partial charge < -0.3 is 19.5 Å². The van der Waals surface area contributed by atoms with E-state index in [0.717, 1.165) is 43.1 Å². The molecule has 0 saturated heterocycles. The van der Waals surface area contributed by atoms with E-state index in [9.17, 15) is 0 Å². The average molecular weight is 303 g/mol. The molecule has 1 aromatic carbocycles. The van der Waals surface area contributed by atoms with Crippen LogP contribution >= 0.6 is 0 Å². The van der Waals surface area contributed by atoms with Gasteiger partial charge in [-0.15, -0.1) is 0 Å². The predicted octanol–water partition coefficient (Wildman–Crippen LogP) is 3.59. The molecule has 0 aromatic heterocycles. The smallest absolute Gasteiger partial charge is 0.204 e. The highest BCUT2D eigenvalue weighted by Gasteiger charge is 2.43. The molecule has 1 N–H and O–H groups in total. The Morgan fingerprint density at radius 2 is 1.91 bits per heavy atom. The molecule has 0 radical (unpaired) electrons. The van der Waals surface area contributed by atoms with E-state index < -0.39 is 0 Å². The Morgan fingerprint density at radius 1 is 1.09 bits per heavy atom. The molecule has 1 aromatic rings. The first-order chi connectivity index (χ1) is 10.8. The van der Waals surface area contributed by atoms with Gasteiger partial charge in [0.2, 0.25) is 5.75 Å². The number of hydrogen-bond acceptors (Lipinski definition) is 4. The van der Waals surface area contributed by atoms with Gasteiger partial charge in [-0.25, -0.2) is 0 Å². The van der Waals surface area contributed by atoms with Crippen molar-refractivity contribution in [3.05, 3.63) is 17.7 Å². The maximum atomic E-state index is 6.59. The summed E-state index contributed by atoms with van der Waals surface area (Å²) in [6.45, 7) is 4.36. The Hall–Kier alpha value is -1.42. The van der Waals surface area contributed by atoms with Gasteiger partial charge in [0.25, 0.3) is 0 Å². The summed E-state index contributed by atoms with van der Waals surface area (Å²) in [4.78, 5) is 0. The minimum absolute atomic E-state index is 0.0198. The Morgan fingerprint density at radius 3 is 2.73 bits per heavy atom. The first-order valence-electron chi connectivity index (χ1n) is 8.66. The lowest BCUT2D eigenvalue weighted by atomic mass is 9.77. The highest BCUT2D eigenvalue weighted by molar-refractivity contribution is 5.58. The van der Waals surface area contributed by atoms with Crippen LogP contribution in [-0.2, 0) is 0 Å². The van der Waals surface area contributed by atoms with Crippen LogP contribution in [0, 0.1) is 0 Å². The van der Waals surface area contributed by atoms with E-state index in [1.54, 1.807) is 0 Å². The van der Waals surface area contributed by atoms with E-state index in [-0.39, 0.29) is 5.60 Å². The number of rotatable bonds is 2. The monoisotopic (exact) mass is 303 g/mol. The standard InChI is InChI=1S/C18H25NO3/c1-2-19-14-12-18(8-4-3-5-9-18)22-16-13(14)6-7-15-17(16)21-11-10-20-15/h6-7,14,19H,2-5,8-12H2,1H3. The van der Waals surface area contributed by atoms with Crippen LogP contribution < -0.4 is 19.5 Å². The topological polar surface area (TPSA) is 39.7 Å². The number of benzene rings is 1. The van der Waals surface area contributed by atoms with Crippen molar-refractivity contribution in [2.75, 3.05) is 19.8 Å². The number of nitrogens with one attached hydrogen (secondary N) is 1. The minimum atomic E-state index is -0.0198. The van der Waals surface area contributed by atoms with Crippen LogP contribution in [0.5, 0.6) is 17.2 Å². The van der Waals surface area contributed by atoms with Crippen molar-refractivity contribution in [3.63, 3.8) is 0 Å². The second-order valence-corrected chi connectivity index (χ2v) is 6.67. The van der Waals surface area contributed by atoms with Crippen molar-refractivity contribution in [3.8, 4) is 17.2 Å². The van der Waals surface area contributed by atoms with Crippen LogP contribution in [0.4, 0.5) is 0 Å². The van der Waals surface area contributed by atoms with Gasteiger partial charge in [0.1, 0.15) is 18.8 Å². The molecule has 2 heterocycles. The van der Waals surface area contributed by atoms with E-state index >= 15 is 0 Å². The van der Waals surface area contributed by atoms with E-state index in [1.165, 1.54) is 24.8 Å². The molecule has 1 saturated carbocycles. The molecule has 0 amide bonds. The molecular formula is C18H25NO3. The highest BCUT2D eigenvalue weighted by Crippen LogP contribution is 2.52. The zero-order chi connectivity index (χ0) is 15.0. The van der Waals surface area contributed by atoms with Gasteiger partial charge in [-0.3, -0.25) is 0 Å². The Bertz CT molecular complexity index is 552. The van der Waals surface area contributed by atoms with Crippen molar-refractivity contribution < 1.29 is 14.2 Å². The van der Waals surface area contributed by atoms with Gasteiger partial charge >= 0.3 is 0 Å². The fraction of sp³-hybridized carbons (Fsp3) is 0.667. The molecule has 22 heavy (non-hydrogen) atoms. The zero-order valence-corrected chi connectivity index (χ0v) is 13.3. The number of hydrogen-bond donors (Lipinski definition) is 1. The number of ether oxygens (including phenoxy) is 3. The first-order valence-corrected chi connectivity index (χ1v) is 8.66. The van der Waals surface area contributed by atoms with Crippen LogP contribution in [0.3, 0.4) is 0 Å². The molecule has 2 aliphatic heterocycles. The molecule has 4 heteroatoms. The quantitative estimate of drug-likeness (QED) is 0.906. The maximum Gasteiger partial charge on any atom is 0.204 e. The summed E-state index contributed by atoms with van der Waals surface area (Å²) in [5, 5.41) is 3.64. The predicted molar refractivity (Wildman–Crippen MR) is 84.9 cm³/mol. The molecule has 1 atom stereocenters. The summed E-state index contributed by atoms with van der Waals surface area (Å²) in [6, 6.07) is 4.52. The minimum Gasteiger partial charge on any atom is -0.486 e. The van der Waals surface area contributed by atoms with E-state index in [2.05, 4.69) is 18.3 Å². The lowest BCUT2D eigenvalue weighted by Crippen LogP contribution is -2.45. The fourth-order valence-corrected chi connectivity index (χ4v) is 4.16. The van der Waals surface area contributed by atoms with Crippen molar-refractivity contribution in [2.45, 2.75) is 57.1 Å². The molecule has 1 aliphatic carbocycles. The third-order valence-electron chi connectivity index (χ3n) is 5.18. The molecule has 1 spiro atoms. The van der Waals surface area contributed by atoms with Crippen LogP contribution in [-0.4, -0.2) is 25.4 Å². The Balaban J connectivity index is 1.76. The maximum absolute atomic E-state index is 6.59. The molecule has 4 rings (SSSR count). The third-order valence-corrected chi connectivity index (χ3v) is 5.18. The van der Waals surface area contributed by atoms with Crippen LogP contribution in [0.25, 0.3) is 0 Å². The van der Waals surface area contributed by atoms with E-state index in [0.29, 0.717) is 19.3 Å². The summed E-state index contributed by atoms with van der Waals surface area (Å²) >= 11 is 0. The molecule has 1 fully saturated rings. The summed E-state index contributed by atoms with van der Waals surface area (Å²) in [5.74, 6) is 2.57. The Labute approximate surface area is 132 Å². The normalized spacial score (nSPS) is 25.4. The molecule has 3 aliphatic rings. The molecule has 4 nitrogen and oxygen atoms in total. The van der Waals surface area contributed by atoms with Gasteiger partial charge in [0.05, 0.1) is 0 Å². The molecule has 120 valence electrons. The van der Waals surface area contributed by atoms with Crippen molar-refractivity contribution in [2.24, 2.45) is 0 Å². The third kappa shape index (κ3) is 2.34. The van der Waals surface area contributed by atoms with Crippen molar-refractivity contribution >= 4 is 0 Å². The van der Waals surface area contributed by atoms with Gasteiger partial charge in [-0.05, 0) is 44.4 Å². The summed E-state index contributed by atoms with van der Waals surface area (Å²) in [7, 11) is 0. The first kappa shape index (κ1) is 14.2. The summed E-state index contributed by atoms with van der Waals surface area (Å²) < 4.78 is 18.2. The fourth-order valence-electron chi connectivity index (χ4n) is 4.16. The van der Waals surface area contributed by atoms with Gasteiger partial charge in [-0.1, -0.05) is 13.3 Å². The van der Waals surface area contributed by atoms with Crippen molar-refractivity contribution in [1.29, 1.82) is 0 Å². The molecule has 1 unspecified atom stereocenters. The SMILES string of the molecule is CCNC1CC2(CCCCC2)Oc2c1ccc1c2OCCO1. The van der Waals surface area contributed by atoms with Gasteiger partial charge in [0, 0.05) is 18.0 Å². The highest BCUT2D eigenvalue weighted by atomic mass is 16.6. The zero-order valence-electron chi connectivity index (χ0n) is 13.3. The second-order valence-electron chi connectivity index (χ2n) is 6.67. The number of fused-ring (bicyclic) bond motifs is 3. The van der Waals surface area contributed by atoms with E-state index in [4.69, 9.17) is 14.2 Å². The van der Waals surface area contributed by atoms with Crippen LogP contribution in [0.15, 0.2) is 12.1 Å². The lowest BCUT2D eigenvalue weighted by Gasteiger charge is -2.45. The average Bonchev–Trinajstić information content (AvgIpc) is 2.56. The molecular weight excluding hydrogens is 278 g/mol. The van der Waals surface area contributed by atoms with Crippen molar-refractivity contribution in [1.82, 2.24) is 5.32 Å². The van der Waals surface area contributed by atoms with Gasteiger partial charge in [-0.2, -0.15) is 0 Å². The Kier molecular flexibility index (Phi) is 3.65. The summed E-state index contributed by atoms with van der Waals surface area (Å²) in [6.07, 6.45) is 7.22. The van der Waals surface area contributed by atoms with Crippen LogP contribution in [0.2, 0.25) is 0 Å². The lowest BCUT2D eigenvalue weighted by molar-refractivity contribution is -0.00697. The summed E-state index contributed by atoms with van der Waals surface area (Å²) in [5.41, 5.74) is 1.20.